The van der Waals surface area contributed by atoms with Gasteiger partial charge in [-0.05, 0) is 53.8 Å². The Bertz CT molecular complexity index is 1380. The van der Waals surface area contributed by atoms with E-state index in [4.69, 9.17) is 9.72 Å². The van der Waals surface area contributed by atoms with Crippen molar-refractivity contribution in [2.45, 2.75) is 50.8 Å². The van der Waals surface area contributed by atoms with Crippen LogP contribution in [0.3, 0.4) is 0 Å². The summed E-state index contributed by atoms with van der Waals surface area (Å²) < 4.78 is 8.93. The van der Waals surface area contributed by atoms with Gasteiger partial charge in [0.25, 0.3) is 5.56 Å². The second kappa shape index (κ2) is 9.37. The summed E-state index contributed by atoms with van der Waals surface area (Å²) in [5.41, 5.74) is 4.31. The topological polar surface area (TPSA) is 44.1 Å². The van der Waals surface area contributed by atoms with Crippen LogP contribution in [0.15, 0.2) is 63.0 Å². The van der Waals surface area contributed by atoms with E-state index < -0.39 is 0 Å². The standard InChI is InChI=1S/C26H25BrN2O2S2/c1-15(2)21-12-20-22(13-31-21)33-24-23(20)25(30)29(19-6-4-5-16(3)11-19)26(28-24)32-14-17-7-9-18(27)10-8-17/h4-11,15,21H,12-14H2,1-3H3/t21-/m1/s1. The van der Waals surface area contributed by atoms with Crippen molar-refractivity contribution in [3.8, 4) is 5.69 Å². The molecule has 0 spiro atoms. The summed E-state index contributed by atoms with van der Waals surface area (Å²) in [4.78, 5) is 21.0. The first-order chi connectivity index (χ1) is 15.9. The minimum Gasteiger partial charge on any atom is -0.372 e. The average Bonchev–Trinajstić information content (AvgIpc) is 3.16. The Morgan fingerprint density at radius 2 is 2.03 bits per heavy atom. The molecule has 1 aliphatic rings. The normalized spacial score (nSPS) is 15.8. The number of hydrogen-bond acceptors (Lipinski definition) is 5. The van der Waals surface area contributed by atoms with Gasteiger partial charge in [-0.3, -0.25) is 9.36 Å². The maximum Gasteiger partial charge on any atom is 0.267 e. The smallest absolute Gasteiger partial charge is 0.267 e. The highest BCUT2D eigenvalue weighted by molar-refractivity contribution is 9.10. The maximum absolute atomic E-state index is 14.0. The quantitative estimate of drug-likeness (QED) is 0.204. The van der Waals surface area contributed by atoms with Gasteiger partial charge in [0.2, 0.25) is 0 Å². The fourth-order valence-electron chi connectivity index (χ4n) is 4.16. The van der Waals surface area contributed by atoms with Crippen molar-refractivity contribution in [1.29, 1.82) is 0 Å². The molecule has 2 aromatic carbocycles. The second-order valence-electron chi connectivity index (χ2n) is 8.77. The summed E-state index contributed by atoms with van der Waals surface area (Å²) in [7, 11) is 0. The van der Waals surface area contributed by atoms with Crippen LogP contribution in [0.25, 0.3) is 15.9 Å². The van der Waals surface area contributed by atoms with E-state index in [1.54, 1.807) is 27.7 Å². The van der Waals surface area contributed by atoms with Crippen molar-refractivity contribution >= 4 is 49.2 Å². The molecule has 3 heterocycles. The van der Waals surface area contributed by atoms with Gasteiger partial charge < -0.3 is 4.74 Å². The Balaban J connectivity index is 1.65. The number of hydrogen-bond donors (Lipinski definition) is 0. The number of rotatable bonds is 5. The number of ether oxygens (including phenoxy) is 1. The number of fused-ring (bicyclic) bond motifs is 3. The van der Waals surface area contributed by atoms with Gasteiger partial charge in [0.1, 0.15) is 4.83 Å². The minimum absolute atomic E-state index is 0.0193. The number of nitrogens with zero attached hydrogens (tertiary/aromatic N) is 2. The first-order valence-electron chi connectivity index (χ1n) is 11.0. The molecule has 7 heteroatoms. The lowest BCUT2D eigenvalue weighted by atomic mass is 9.96. The van der Waals surface area contributed by atoms with Crippen LogP contribution in [0.2, 0.25) is 0 Å². The predicted octanol–water partition coefficient (Wildman–Crippen LogP) is 6.91. The number of halogens is 1. The molecule has 0 amide bonds. The fourth-order valence-corrected chi connectivity index (χ4v) is 6.55. The third-order valence-electron chi connectivity index (χ3n) is 6.00. The van der Waals surface area contributed by atoms with Crippen LogP contribution in [0.5, 0.6) is 0 Å². The zero-order chi connectivity index (χ0) is 23.1. The van der Waals surface area contributed by atoms with Gasteiger partial charge in [-0.2, -0.15) is 0 Å². The van der Waals surface area contributed by atoms with Crippen LogP contribution in [-0.2, 0) is 23.5 Å². The Kier molecular flexibility index (Phi) is 6.49. The van der Waals surface area contributed by atoms with E-state index in [-0.39, 0.29) is 11.7 Å². The van der Waals surface area contributed by atoms with Gasteiger partial charge in [0, 0.05) is 21.5 Å². The fraction of sp³-hybridized carbons (Fsp3) is 0.308. The number of aryl methyl sites for hydroxylation is 1. The Morgan fingerprint density at radius 3 is 2.76 bits per heavy atom. The zero-order valence-corrected chi connectivity index (χ0v) is 22.0. The minimum atomic E-state index is 0.0193. The van der Waals surface area contributed by atoms with Crippen molar-refractivity contribution in [2.24, 2.45) is 5.92 Å². The van der Waals surface area contributed by atoms with Crippen molar-refractivity contribution in [3.05, 3.63) is 84.9 Å². The second-order valence-corrected chi connectivity index (χ2v) is 11.7. The van der Waals surface area contributed by atoms with Crippen LogP contribution in [0.1, 0.15) is 35.4 Å². The Hall–Kier alpha value is -1.93. The van der Waals surface area contributed by atoms with E-state index in [2.05, 4.69) is 48.0 Å². The lowest BCUT2D eigenvalue weighted by Crippen LogP contribution is -2.28. The van der Waals surface area contributed by atoms with Crippen molar-refractivity contribution in [2.75, 3.05) is 0 Å². The molecule has 0 saturated heterocycles. The maximum atomic E-state index is 14.0. The third kappa shape index (κ3) is 4.56. The molecular weight excluding hydrogens is 516 g/mol. The van der Waals surface area contributed by atoms with E-state index >= 15 is 0 Å². The summed E-state index contributed by atoms with van der Waals surface area (Å²) in [5.74, 6) is 1.14. The number of aromatic nitrogens is 2. The van der Waals surface area contributed by atoms with Crippen LogP contribution < -0.4 is 5.56 Å². The Labute approximate surface area is 210 Å². The molecule has 5 rings (SSSR count). The van der Waals surface area contributed by atoms with Crippen molar-refractivity contribution in [3.63, 3.8) is 0 Å². The summed E-state index contributed by atoms with van der Waals surface area (Å²) in [6, 6.07) is 16.4. The molecule has 1 aliphatic heterocycles. The molecule has 170 valence electrons. The van der Waals surface area contributed by atoms with Gasteiger partial charge in [-0.25, -0.2) is 4.98 Å². The molecule has 0 fully saturated rings. The average molecular weight is 542 g/mol. The first-order valence-corrected chi connectivity index (χ1v) is 13.6. The molecular formula is C26H25BrN2O2S2. The number of thioether (sulfide) groups is 1. The lowest BCUT2D eigenvalue weighted by molar-refractivity contribution is 0.00200. The van der Waals surface area contributed by atoms with E-state index in [0.717, 1.165) is 53.7 Å². The lowest BCUT2D eigenvalue weighted by Gasteiger charge is -2.26. The summed E-state index contributed by atoms with van der Waals surface area (Å²) in [6.07, 6.45) is 0.900. The van der Waals surface area contributed by atoms with Gasteiger partial charge in [-0.15, -0.1) is 11.3 Å². The van der Waals surface area contributed by atoms with E-state index in [0.29, 0.717) is 12.5 Å². The van der Waals surface area contributed by atoms with Crippen LogP contribution in [0.4, 0.5) is 0 Å². The van der Waals surface area contributed by atoms with E-state index in [9.17, 15) is 4.79 Å². The molecule has 0 N–H and O–H groups in total. The SMILES string of the molecule is Cc1cccc(-n2c(SCc3ccc(Br)cc3)nc3sc4c(c3c2=O)C[C@H](C(C)C)OC4)c1. The van der Waals surface area contributed by atoms with Crippen molar-refractivity contribution in [1.82, 2.24) is 9.55 Å². The predicted molar refractivity (Wildman–Crippen MR) is 141 cm³/mol. The van der Waals surface area contributed by atoms with Crippen molar-refractivity contribution < 1.29 is 4.74 Å². The highest BCUT2D eigenvalue weighted by Gasteiger charge is 2.28. The molecule has 0 bridgehead atoms. The van der Waals surface area contributed by atoms with Gasteiger partial charge in [0.15, 0.2) is 5.16 Å². The van der Waals surface area contributed by atoms with Gasteiger partial charge >= 0.3 is 0 Å². The molecule has 0 saturated carbocycles. The zero-order valence-electron chi connectivity index (χ0n) is 18.8. The molecule has 2 aromatic heterocycles. The summed E-state index contributed by atoms with van der Waals surface area (Å²) in [6.45, 7) is 6.95. The molecule has 4 nitrogen and oxygen atoms in total. The number of benzene rings is 2. The molecule has 0 unspecified atom stereocenters. The molecule has 33 heavy (non-hydrogen) atoms. The molecule has 4 aromatic rings. The van der Waals surface area contributed by atoms with Crippen LogP contribution in [-0.4, -0.2) is 15.7 Å². The summed E-state index contributed by atoms with van der Waals surface area (Å²) >= 11 is 6.70. The van der Waals surface area contributed by atoms with E-state index in [1.165, 1.54) is 5.56 Å². The molecule has 0 radical (unpaired) electrons. The molecule has 1 atom stereocenters. The van der Waals surface area contributed by atoms with Crippen LogP contribution >= 0.6 is 39.0 Å². The van der Waals surface area contributed by atoms with Crippen LogP contribution in [0, 0.1) is 12.8 Å². The highest BCUT2D eigenvalue weighted by atomic mass is 79.9. The first kappa shape index (κ1) is 22.8. The summed E-state index contributed by atoms with van der Waals surface area (Å²) in [5, 5.41) is 1.49. The molecule has 0 aliphatic carbocycles. The highest BCUT2D eigenvalue weighted by Crippen LogP contribution is 2.36. The van der Waals surface area contributed by atoms with Gasteiger partial charge in [-0.1, -0.05) is 65.8 Å². The largest absolute Gasteiger partial charge is 0.372 e. The van der Waals surface area contributed by atoms with E-state index in [1.807, 2.05) is 37.3 Å². The number of thiophene rings is 1. The third-order valence-corrected chi connectivity index (χ3v) is 8.63. The monoisotopic (exact) mass is 540 g/mol. The van der Waals surface area contributed by atoms with Gasteiger partial charge in [0.05, 0.1) is 23.8 Å². The Morgan fingerprint density at radius 1 is 1.24 bits per heavy atom.